The number of aliphatic hydroxyl groups excluding tert-OH is 1. The number of nitrogens with one attached hydrogen (secondary N) is 2. The zero-order valence-electron chi connectivity index (χ0n) is 19.3. The summed E-state index contributed by atoms with van der Waals surface area (Å²) in [6.45, 7) is 2.01. The quantitative estimate of drug-likeness (QED) is 0.319. The molecule has 1 fully saturated rings. The molecule has 0 aliphatic heterocycles. The van der Waals surface area contributed by atoms with Crippen LogP contribution < -0.4 is 16.4 Å². The molecular weight excluding hydrogens is 480 g/mol. The van der Waals surface area contributed by atoms with Crippen LogP contribution >= 0.6 is 11.6 Å². The third kappa shape index (κ3) is 5.79. The van der Waals surface area contributed by atoms with Crippen LogP contribution in [0, 0.1) is 11.6 Å². The van der Waals surface area contributed by atoms with Gasteiger partial charge in [-0.2, -0.15) is 4.98 Å². The van der Waals surface area contributed by atoms with E-state index in [1.165, 1.54) is 0 Å². The molecular formula is C23H28ClF2N7O2. The highest BCUT2D eigenvalue weighted by atomic mass is 35.5. The molecule has 0 spiro atoms. The standard InChI is InChI=1S/C23H28ClF2N7O2/c1-2-3-14(5-7-19(27)35)33-21-18(11-28-22(32-21)29-13-4-6-15(34)10-13)30-23(33)31-20-16(24)8-12(25)9-17(20)26/h8-9,11,13-15,34H,2-7,10H2,1H3,(H2,27,35)(H,30,31)(H,28,29,32)/t13-,14+,15-/m0/s1. The molecule has 1 aliphatic carbocycles. The number of amides is 1. The van der Waals surface area contributed by atoms with Crippen molar-refractivity contribution in [2.75, 3.05) is 10.6 Å². The maximum absolute atomic E-state index is 14.6. The van der Waals surface area contributed by atoms with E-state index in [2.05, 4.69) is 25.6 Å². The van der Waals surface area contributed by atoms with Crippen LogP contribution in [0.1, 0.15) is 57.9 Å². The Labute approximate surface area is 206 Å². The minimum Gasteiger partial charge on any atom is -0.393 e. The number of aliphatic hydroxyl groups is 1. The van der Waals surface area contributed by atoms with E-state index < -0.39 is 17.5 Å². The van der Waals surface area contributed by atoms with E-state index in [1.54, 1.807) is 10.8 Å². The first-order valence-corrected chi connectivity index (χ1v) is 12.0. The van der Waals surface area contributed by atoms with Gasteiger partial charge in [-0.3, -0.25) is 9.36 Å². The number of imidazole rings is 1. The van der Waals surface area contributed by atoms with Crippen molar-refractivity contribution < 1.29 is 18.7 Å². The number of carbonyl (C=O) groups excluding carboxylic acids is 1. The van der Waals surface area contributed by atoms with Gasteiger partial charge in [-0.1, -0.05) is 24.9 Å². The Morgan fingerprint density at radius 3 is 2.77 bits per heavy atom. The van der Waals surface area contributed by atoms with Gasteiger partial charge in [0, 0.05) is 24.6 Å². The van der Waals surface area contributed by atoms with Crippen LogP contribution in [0.25, 0.3) is 11.2 Å². The molecule has 1 amide bonds. The molecule has 0 unspecified atom stereocenters. The summed E-state index contributed by atoms with van der Waals surface area (Å²) in [5, 5.41) is 15.8. The molecule has 1 aliphatic rings. The summed E-state index contributed by atoms with van der Waals surface area (Å²) in [5.41, 5.74) is 6.21. The molecule has 2 heterocycles. The van der Waals surface area contributed by atoms with Gasteiger partial charge in [0.15, 0.2) is 11.5 Å². The number of benzene rings is 1. The van der Waals surface area contributed by atoms with Crippen molar-refractivity contribution in [1.29, 1.82) is 0 Å². The lowest BCUT2D eigenvalue weighted by molar-refractivity contribution is -0.118. The van der Waals surface area contributed by atoms with E-state index in [4.69, 9.17) is 17.3 Å². The Morgan fingerprint density at radius 2 is 2.11 bits per heavy atom. The molecule has 3 atom stereocenters. The summed E-state index contributed by atoms with van der Waals surface area (Å²) >= 11 is 6.11. The summed E-state index contributed by atoms with van der Waals surface area (Å²) < 4.78 is 29.9. The lowest BCUT2D eigenvalue weighted by Crippen LogP contribution is -2.19. The first kappa shape index (κ1) is 25.1. The molecule has 1 saturated carbocycles. The monoisotopic (exact) mass is 507 g/mol. The minimum absolute atomic E-state index is 0.0461. The zero-order chi connectivity index (χ0) is 25.1. The van der Waals surface area contributed by atoms with Crippen LogP contribution in [-0.4, -0.2) is 42.7 Å². The van der Waals surface area contributed by atoms with Gasteiger partial charge < -0.3 is 21.5 Å². The Morgan fingerprint density at radius 1 is 1.31 bits per heavy atom. The molecule has 4 rings (SSSR count). The highest BCUT2D eigenvalue weighted by Gasteiger charge is 2.26. The molecule has 9 nitrogen and oxygen atoms in total. The average Bonchev–Trinajstić information content (AvgIpc) is 3.36. The summed E-state index contributed by atoms with van der Waals surface area (Å²) in [6.07, 6.45) is 5.35. The van der Waals surface area contributed by atoms with E-state index in [0.29, 0.717) is 42.8 Å². The minimum atomic E-state index is -0.869. The Hall–Kier alpha value is -3.05. The fourth-order valence-electron chi connectivity index (χ4n) is 4.48. The number of aromatic nitrogens is 4. The number of anilines is 3. The number of nitrogens with zero attached hydrogens (tertiary/aromatic N) is 4. The lowest BCUT2D eigenvalue weighted by atomic mass is 10.1. The van der Waals surface area contributed by atoms with E-state index in [-0.39, 0.29) is 41.3 Å². The van der Waals surface area contributed by atoms with Gasteiger partial charge >= 0.3 is 0 Å². The second-order valence-corrected chi connectivity index (χ2v) is 9.24. The van der Waals surface area contributed by atoms with E-state index >= 15 is 0 Å². The molecule has 0 radical (unpaired) electrons. The third-order valence-corrected chi connectivity index (χ3v) is 6.42. The fraction of sp³-hybridized carbons (Fsp3) is 0.478. The van der Waals surface area contributed by atoms with E-state index in [9.17, 15) is 18.7 Å². The average molecular weight is 508 g/mol. The van der Waals surface area contributed by atoms with Crippen molar-refractivity contribution in [3.05, 3.63) is 35.0 Å². The second-order valence-electron chi connectivity index (χ2n) is 8.83. The smallest absolute Gasteiger partial charge is 0.224 e. The maximum Gasteiger partial charge on any atom is 0.224 e. The lowest BCUT2D eigenvalue weighted by Gasteiger charge is -2.21. The number of nitrogens with two attached hydrogens (primary N) is 1. The Bertz CT molecular complexity index is 1200. The van der Waals surface area contributed by atoms with Crippen LogP contribution in [0.2, 0.25) is 5.02 Å². The predicted octanol–water partition coefficient (Wildman–Crippen LogP) is 4.43. The number of carbonyl (C=O) groups is 1. The SMILES string of the molecule is CCC[C@H](CCC(N)=O)n1c(Nc2c(F)cc(F)cc2Cl)nc2cnc(N[C@H]3CC[C@H](O)C3)nc21. The van der Waals surface area contributed by atoms with Gasteiger partial charge in [-0.05, 0) is 38.2 Å². The summed E-state index contributed by atoms with van der Waals surface area (Å²) in [6, 6.07) is 1.55. The predicted molar refractivity (Wildman–Crippen MR) is 130 cm³/mol. The molecule has 35 heavy (non-hydrogen) atoms. The number of halogens is 3. The highest BCUT2D eigenvalue weighted by Crippen LogP contribution is 2.34. The molecule has 188 valence electrons. The summed E-state index contributed by atoms with van der Waals surface area (Å²) in [7, 11) is 0. The molecule has 0 saturated heterocycles. The number of hydrogen-bond donors (Lipinski definition) is 4. The summed E-state index contributed by atoms with van der Waals surface area (Å²) in [5.74, 6) is -1.49. The normalized spacial score (nSPS) is 18.7. The Balaban J connectivity index is 1.78. The first-order chi connectivity index (χ1) is 16.7. The van der Waals surface area contributed by atoms with Gasteiger partial charge in [-0.15, -0.1) is 0 Å². The molecule has 0 bridgehead atoms. The van der Waals surface area contributed by atoms with Gasteiger partial charge in [-0.25, -0.2) is 18.7 Å². The van der Waals surface area contributed by atoms with Gasteiger partial charge in [0.05, 0.1) is 23.0 Å². The molecule has 5 N–H and O–H groups in total. The van der Waals surface area contributed by atoms with Crippen molar-refractivity contribution >= 4 is 46.3 Å². The fourth-order valence-corrected chi connectivity index (χ4v) is 4.73. The highest BCUT2D eigenvalue weighted by molar-refractivity contribution is 6.33. The van der Waals surface area contributed by atoms with Crippen LogP contribution in [0.5, 0.6) is 0 Å². The van der Waals surface area contributed by atoms with Gasteiger partial charge in [0.25, 0.3) is 0 Å². The largest absolute Gasteiger partial charge is 0.393 e. The molecule has 12 heteroatoms. The first-order valence-electron chi connectivity index (χ1n) is 11.6. The van der Waals surface area contributed by atoms with Gasteiger partial charge in [0.1, 0.15) is 11.3 Å². The Kier molecular flexibility index (Phi) is 7.66. The van der Waals surface area contributed by atoms with Crippen LogP contribution in [-0.2, 0) is 4.79 Å². The maximum atomic E-state index is 14.6. The third-order valence-electron chi connectivity index (χ3n) is 6.13. The number of primary amides is 1. The topological polar surface area (TPSA) is 131 Å². The van der Waals surface area contributed by atoms with Crippen molar-refractivity contribution in [1.82, 2.24) is 19.5 Å². The van der Waals surface area contributed by atoms with Crippen molar-refractivity contribution in [3.8, 4) is 0 Å². The number of rotatable bonds is 10. The molecule has 3 aromatic rings. The number of hydrogen-bond acceptors (Lipinski definition) is 7. The van der Waals surface area contributed by atoms with Crippen molar-refractivity contribution in [3.63, 3.8) is 0 Å². The summed E-state index contributed by atoms with van der Waals surface area (Å²) in [4.78, 5) is 25.1. The van der Waals surface area contributed by atoms with E-state index in [1.807, 2.05) is 6.92 Å². The zero-order valence-corrected chi connectivity index (χ0v) is 20.0. The van der Waals surface area contributed by atoms with Gasteiger partial charge in [0.2, 0.25) is 17.8 Å². The molecule has 2 aromatic heterocycles. The van der Waals surface area contributed by atoms with Crippen LogP contribution in [0.15, 0.2) is 18.3 Å². The van der Waals surface area contributed by atoms with Crippen molar-refractivity contribution in [2.24, 2.45) is 5.73 Å². The van der Waals surface area contributed by atoms with Crippen LogP contribution in [0.4, 0.5) is 26.4 Å². The second kappa shape index (κ2) is 10.7. The van der Waals surface area contributed by atoms with Crippen molar-refractivity contribution in [2.45, 2.75) is 70.1 Å². The number of fused-ring (bicyclic) bond motifs is 1. The van der Waals surface area contributed by atoms with Crippen LogP contribution in [0.3, 0.4) is 0 Å². The molecule has 1 aromatic carbocycles. The van der Waals surface area contributed by atoms with E-state index in [0.717, 1.165) is 25.0 Å².